The van der Waals surface area contributed by atoms with Crippen LogP contribution < -0.4 is 0 Å². The van der Waals surface area contributed by atoms with E-state index in [1.807, 2.05) is 50.2 Å². The fraction of sp³-hybridized carbons (Fsp3) is 0.174. The van der Waals surface area contributed by atoms with Gasteiger partial charge in [-0.25, -0.2) is 4.98 Å². The van der Waals surface area contributed by atoms with Crippen LogP contribution >= 0.6 is 0 Å². The van der Waals surface area contributed by atoms with Crippen LogP contribution in [0.3, 0.4) is 0 Å². The van der Waals surface area contributed by atoms with E-state index in [-0.39, 0.29) is 0 Å². The first-order valence-electron chi connectivity index (χ1n) is 8.80. The fourth-order valence-corrected chi connectivity index (χ4v) is 3.51. The number of hydrogen-bond acceptors (Lipinski definition) is 2. The Bertz CT molecular complexity index is 1070. The third kappa shape index (κ3) is 2.91. The quantitative estimate of drug-likeness (QED) is 0.555. The minimum atomic E-state index is -0.861. The summed E-state index contributed by atoms with van der Waals surface area (Å²) < 4.78 is 2.06. The summed E-state index contributed by atoms with van der Waals surface area (Å²) in [5.74, 6) is 0. The fourth-order valence-electron chi connectivity index (χ4n) is 3.51. The molecule has 0 fully saturated rings. The monoisotopic (exact) mass is 342 g/mol. The van der Waals surface area contributed by atoms with Crippen LogP contribution in [0.4, 0.5) is 0 Å². The molecule has 0 spiro atoms. The maximum Gasteiger partial charge on any atom is 0.137 e. The van der Waals surface area contributed by atoms with E-state index in [2.05, 4.69) is 48.0 Å². The SMILES string of the molecule is Cc1c(-c2ccc3nc(-c4ccccc4)cn3c2)cccc1C(C)(C)O. The molecule has 130 valence electrons. The lowest BCUT2D eigenvalue weighted by Gasteiger charge is -2.22. The molecule has 0 saturated heterocycles. The van der Waals surface area contributed by atoms with Crippen LogP contribution in [-0.2, 0) is 5.60 Å². The predicted octanol–water partition coefficient (Wildman–Crippen LogP) is 5.20. The smallest absolute Gasteiger partial charge is 0.137 e. The first-order chi connectivity index (χ1) is 12.4. The van der Waals surface area contributed by atoms with Gasteiger partial charge in [-0.05, 0) is 55.2 Å². The summed E-state index contributed by atoms with van der Waals surface area (Å²) in [6.45, 7) is 5.71. The van der Waals surface area contributed by atoms with Gasteiger partial charge in [0, 0.05) is 18.0 Å². The summed E-state index contributed by atoms with van der Waals surface area (Å²) in [6, 6.07) is 20.4. The van der Waals surface area contributed by atoms with Gasteiger partial charge in [-0.15, -0.1) is 0 Å². The molecule has 0 saturated carbocycles. The molecule has 0 amide bonds. The second-order valence-electron chi connectivity index (χ2n) is 7.21. The number of aliphatic hydroxyl groups is 1. The van der Waals surface area contributed by atoms with Crippen molar-refractivity contribution < 1.29 is 5.11 Å². The average molecular weight is 342 g/mol. The van der Waals surface area contributed by atoms with Gasteiger partial charge in [0.25, 0.3) is 0 Å². The summed E-state index contributed by atoms with van der Waals surface area (Å²) >= 11 is 0. The lowest BCUT2D eigenvalue weighted by molar-refractivity contribution is 0.0780. The first-order valence-corrected chi connectivity index (χ1v) is 8.80. The molecule has 4 aromatic rings. The zero-order chi connectivity index (χ0) is 18.3. The Labute approximate surface area is 153 Å². The molecule has 0 unspecified atom stereocenters. The molecule has 0 atom stereocenters. The Kier molecular flexibility index (Phi) is 3.89. The van der Waals surface area contributed by atoms with Crippen LogP contribution in [-0.4, -0.2) is 14.5 Å². The second kappa shape index (κ2) is 6.11. The van der Waals surface area contributed by atoms with Crippen LogP contribution in [0, 0.1) is 6.92 Å². The highest BCUT2D eigenvalue weighted by molar-refractivity contribution is 5.71. The van der Waals surface area contributed by atoms with Crippen molar-refractivity contribution in [1.29, 1.82) is 0 Å². The topological polar surface area (TPSA) is 37.5 Å². The van der Waals surface area contributed by atoms with Crippen molar-refractivity contribution in [2.75, 3.05) is 0 Å². The summed E-state index contributed by atoms with van der Waals surface area (Å²) in [7, 11) is 0. The van der Waals surface area contributed by atoms with Gasteiger partial charge in [0.05, 0.1) is 11.3 Å². The standard InChI is InChI=1S/C23H22N2O/c1-16-19(10-7-11-20(16)23(2,3)26)18-12-13-22-24-21(15-25(22)14-18)17-8-5-4-6-9-17/h4-15,26H,1-3H3. The van der Waals surface area contributed by atoms with E-state index < -0.39 is 5.60 Å². The summed E-state index contributed by atoms with van der Waals surface area (Å²) in [5, 5.41) is 10.4. The van der Waals surface area contributed by atoms with Gasteiger partial charge < -0.3 is 9.51 Å². The van der Waals surface area contributed by atoms with Gasteiger partial charge in [-0.1, -0.05) is 48.5 Å². The van der Waals surface area contributed by atoms with Crippen molar-refractivity contribution in [1.82, 2.24) is 9.38 Å². The molecule has 26 heavy (non-hydrogen) atoms. The molecule has 2 aromatic carbocycles. The number of hydrogen-bond donors (Lipinski definition) is 1. The Hall–Kier alpha value is -2.91. The second-order valence-corrected chi connectivity index (χ2v) is 7.21. The van der Waals surface area contributed by atoms with Crippen LogP contribution in [0.15, 0.2) is 73.1 Å². The highest BCUT2D eigenvalue weighted by Crippen LogP contribution is 2.32. The van der Waals surface area contributed by atoms with Crippen molar-refractivity contribution in [3.63, 3.8) is 0 Å². The maximum atomic E-state index is 10.4. The molecule has 2 aromatic heterocycles. The van der Waals surface area contributed by atoms with Crippen molar-refractivity contribution >= 4 is 5.65 Å². The Morgan fingerprint density at radius 1 is 0.846 bits per heavy atom. The lowest BCUT2D eigenvalue weighted by atomic mass is 9.89. The van der Waals surface area contributed by atoms with Gasteiger partial charge in [0.15, 0.2) is 0 Å². The largest absolute Gasteiger partial charge is 0.386 e. The molecular weight excluding hydrogens is 320 g/mol. The van der Waals surface area contributed by atoms with E-state index in [0.717, 1.165) is 39.2 Å². The maximum absolute atomic E-state index is 10.4. The van der Waals surface area contributed by atoms with Crippen molar-refractivity contribution in [3.8, 4) is 22.4 Å². The molecule has 1 N–H and O–H groups in total. The van der Waals surface area contributed by atoms with Crippen LogP contribution in [0.25, 0.3) is 28.0 Å². The number of rotatable bonds is 3. The van der Waals surface area contributed by atoms with Gasteiger partial charge in [0.1, 0.15) is 5.65 Å². The number of aromatic nitrogens is 2. The highest BCUT2D eigenvalue weighted by atomic mass is 16.3. The molecule has 0 aliphatic rings. The summed E-state index contributed by atoms with van der Waals surface area (Å²) in [6.07, 6.45) is 4.16. The van der Waals surface area contributed by atoms with Gasteiger partial charge >= 0.3 is 0 Å². The molecule has 4 rings (SSSR count). The molecule has 3 heteroatoms. The van der Waals surface area contributed by atoms with Gasteiger partial charge in [-0.3, -0.25) is 0 Å². The third-order valence-electron chi connectivity index (χ3n) is 4.82. The Morgan fingerprint density at radius 3 is 2.35 bits per heavy atom. The minimum absolute atomic E-state index is 0.861. The zero-order valence-corrected chi connectivity index (χ0v) is 15.3. The zero-order valence-electron chi connectivity index (χ0n) is 15.3. The molecule has 2 heterocycles. The molecule has 0 aliphatic carbocycles. The predicted molar refractivity (Wildman–Crippen MR) is 106 cm³/mol. The Morgan fingerprint density at radius 2 is 1.62 bits per heavy atom. The van der Waals surface area contributed by atoms with E-state index in [1.165, 1.54) is 0 Å². The third-order valence-corrected chi connectivity index (χ3v) is 4.82. The summed E-state index contributed by atoms with van der Waals surface area (Å²) in [4.78, 5) is 4.72. The van der Waals surface area contributed by atoms with E-state index in [9.17, 15) is 5.11 Å². The lowest BCUT2D eigenvalue weighted by Crippen LogP contribution is -2.17. The van der Waals surface area contributed by atoms with E-state index in [1.54, 1.807) is 0 Å². The molecular formula is C23H22N2O. The molecule has 0 aliphatic heterocycles. The Balaban J connectivity index is 1.82. The van der Waals surface area contributed by atoms with Crippen LogP contribution in [0.5, 0.6) is 0 Å². The average Bonchev–Trinajstić information content (AvgIpc) is 3.05. The first kappa shape index (κ1) is 16.6. The van der Waals surface area contributed by atoms with E-state index >= 15 is 0 Å². The summed E-state index contributed by atoms with van der Waals surface area (Å²) in [5.41, 5.74) is 6.42. The number of nitrogens with zero attached hydrogens (tertiary/aromatic N) is 2. The highest BCUT2D eigenvalue weighted by Gasteiger charge is 2.20. The number of imidazole rings is 1. The van der Waals surface area contributed by atoms with Crippen LogP contribution in [0.2, 0.25) is 0 Å². The van der Waals surface area contributed by atoms with Crippen LogP contribution in [0.1, 0.15) is 25.0 Å². The van der Waals surface area contributed by atoms with E-state index in [0.29, 0.717) is 0 Å². The van der Waals surface area contributed by atoms with Gasteiger partial charge in [0.2, 0.25) is 0 Å². The van der Waals surface area contributed by atoms with Crippen molar-refractivity contribution in [2.45, 2.75) is 26.4 Å². The number of benzene rings is 2. The van der Waals surface area contributed by atoms with E-state index in [4.69, 9.17) is 4.98 Å². The molecule has 3 nitrogen and oxygen atoms in total. The number of pyridine rings is 1. The molecule has 0 radical (unpaired) electrons. The minimum Gasteiger partial charge on any atom is -0.386 e. The number of fused-ring (bicyclic) bond motifs is 1. The normalized spacial score (nSPS) is 11.8. The van der Waals surface area contributed by atoms with Crippen molar-refractivity contribution in [2.24, 2.45) is 0 Å². The molecule has 0 bridgehead atoms. The van der Waals surface area contributed by atoms with Gasteiger partial charge in [-0.2, -0.15) is 0 Å². The van der Waals surface area contributed by atoms with Crippen molar-refractivity contribution in [3.05, 3.63) is 84.2 Å².